The maximum absolute atomic E-state index is 10.6. The number of nitrogen functional groups attached to an aromatic ring is 1. The van der Waals surface area contributed by atoms with Crippen molar-refractivity contribution in [3.63, 3.8) is 0 Å². The third kappa shape index (κ3) is 1.72. The lowest BCUT2D eigenvalue weighted by atomic mass is 10.2. The first-order valence-corrected chi connectivity index (χ1v) is 4.85. The van der Waals surface area contributed by atoms with E-state index in [0.29, 0.717) is 10.9 Å². The smallest absolute Gasteiger partial charge is 0.270 e. The van der Waals surface area contributed by atoms with E-state index in [9.17, 15) is 10.1 Å². The van der Waals surface area contributed by atoms with E-state index in [-0.39, 0.29) is 11.5 Å². The second kappa shape index (κ2) is 3.87. The first-order chi connectivity index (χ1) is 8.04. The quantitative estimate of drug-likeness (QED) is 0.469. The highest BCUT2D eigenvalue weighted by Crippen LogP contribution is 2.26. The van der Waals surface area contributed by atoms with Crippen LogP contribution in [0.2, 0.25) is 0 Å². The minimum absolute atomic E-state index is 0.0316. The molecule has 7 nitrogen and oxygen atoms in total. The fourth-order valence-corrected chi connectivity index (χ4v) is 1.59. The number of hydrogen-bond acceptors (Lipinski definition) is 5. The molecular formula is C10H11N5O2. The van der Waals surface area contributed by atoms with Crippen LogP contribution in [0.15, 0.2) is 30.9 Å². The molecule has 4 N–H and O–H groups in total. The molecule has 0 spiro atoms. The summed E-state index contributed by atoms with van der Waals surface area (Å²) < 4.78 is 1.47. The van der Waals surface area contributed by atoms with Gasteiger partial charge in [0.05, 0.1) is 15.8 Å². The number of nitrogens with two attached hydrogens (primary N) is 2. The number of nitro groups is 1. The molecule has 2 aromatic rings. The van der Waals surface area contributed by atoms with Crippen molar-refractivity contribution in [3.8, 4) is 0 Å². The van der Waals surface area contributed by atoms with Crippen molar-refractivity contribution < 1.29 is 4.92 Å². The Kier molecular flexibility index (Phi) is 2.52. The zero-order valence-corrected chi connectivity index (χ0v) is 8.91. The van der Waals surface area contributed by atoms with E-state index in [2.05, 4.69) is 11.7 Å². The topological polar surface area (TPSA) is 113 Å². The van der Waals surface area contributed by atoms with Gasteiger partial charge in [-0.05, 0) is 6.07 Å². The highest BCUT2D eigenvalue weighted by atomic mass is 16.6. The summed E-state index contributed by atoms with van der Waals surface area (Å²) in [6, 6.07) is 4.33. The van der Waals surface area contributed by atoms with Gasteiger partial charge in [0.2, 0.25) is 0 Å². The van der Waals surface area contributed by atoms with E-state index in [1.807, 2.05) is 0 Å². The maximum atomic E-state index is 10.6. The largest absolute Gasteiger partial charge is 0.382 e. The Morgan fingerprint density at radius 2 is 2.29 bits per heavy atom. The zero-order chi connectivity index (χ0) is 12.6. The Morgan fingerprint density at radius 3 is 2.88 bits per heavy atom. The Labute approximate surface area is 96.5 Å². The number of nitro benzene ring substituents is 1. The van der Waals surface area contributed by atoms with Crippen LogP contribution in [0.4, 0.5) is 11.5 Å². The van der Waals surface area contributed by atoms with E-state index in [1.54, 1.807) is 6.07 Å². The second-order valence-corrected chi connectivity index (χ2v) is 3.51. The summed E-state index contributed by atoms with van der Waals surface area (Å²) in [7, 11) is 0. The molecule has 1 unspecified atom stereocenters. The highest BCUT2D eigenvalue weighted by molar-refractivity contribution is 5.91. The van der Waals surface area contributed by atoms with Crippen molar-refractivity contribution in [2.24, 2.45) is 5.73 Å². The number of nitrogens with zero attached hydrogens (tertiary/aromatic N) is 3. The molecule has 17 heavy (non-hydrogen) atoms. The first kappa shape index (κ1) is 11.1. The average molecular weight is 233 g/mol. The molecule has 0 fully saturated rings. The van der Waals surface area contributed by atoms with Crippen LogP contribution in [0.1, 0.15) is 6.17 Å². The van der Waals surface area contributed by atoms with Crippen molar-refractivity contribution in [3.05, 3.63) is 41.0 Å². The Balaban J connectivity index is 2.69. The van der Waals surface area contributed by atoms with E-state index < -0.39 is 11.1 Å². The SMILES string of the molecule is C=CC(N)n1nc(N)c2cc([N+](=O)[O-])ccc21. The summed E-state index contributed by atoms with van der Waals surface area (Å²) in [5, 5.41) is 15.2. The molecule has 1 heterocycles. The molecule has 0 saturated heterocycles. The van der Waals surface area contributed by atoms with Gasteiger partial charge in [-0.25, -0.2) is 4.68 Å². The van der Waals surface area contributed by atoms with Gasteiger partial charge in [0.15, 0.2) is 5.82 Å². The lowest BCUT2D eigenvalue weighted by Crippen LogP contribution is -2.17. The minimum atomic E-state index is -0.517. The number of hydrogen-bond donors (Lipinski definition) is 2. The number of benzene rings is 1. The summed E-state index contributed by atoms with van der Waals surface area (Å²) in [5.74, 6) is 0.209. The number of rotatable bonds is 3. The molecule has 1 aromatic carbocycles. The van der Waals surface area contributed by atoms with Crippen LogP contribution in [0, 0.1) is 10.1 Å². The molecule has 1 aromatic heterocycles. The standard InChI is InChI=1S/C10H11N5O2/c1-2-9(11)14-8-4-3-6(15(16)17)5-7(8)10(12)13-14/h2-5,9H,1,11H2,(H2,12,13). The monoisotopic (exact) mass is 233 g/mol. The molecule has 1 atom stereocenters. The van der Waals surface area contributed by atoms with Gasteiger partial charge in [-0.15, -0.1) is 0 Å². The molecule has 0 bridgehead atoms. The molecule has 0 aliphatic rings. The number of aromatic nitrogens is 2. The van der Waals surface area contributed by atoms with Crippen LogP contribution in [0.5, 0.6) is 0 Å². The van der Waals surface area contributed by atoms with E-state index >= 15 is 0 Å². The van der Waals surface area contributed by atoms with Gasteiger partial charge in [0, 0.05) is 12.1 Å². The lowest BCUT2D eigenvalue weighted by Gasteiger charge is -2.07. The molecule has 2 rings (SSSR count). The second-order valence-electron chi connectivity index (χ2n) is 3.51. The Bertz CT molecular complexity index is 604. The maximum Gasteiger partial charge on any atom is 0.270 e. The van der Waals surface area contributed by atoms with Crippen molar-refractivity contribution in [1.82, 2.24) is 9.78 Å². The summed E-state index contributed by atoms with van der Waals surface area (Å²) in [5.41, 5.74) is 12.1. The van der Waals surface area contributed by atoms with Crippen LogP contribution in [-0.4, -0.2) is 14.7 Å². The predicted molar refractivity (Wildman–Crippen MR) is 64.2 cm³/mol. The van der Waals surface area contributed by atoms with Gasteiger partial charge in [-0.2, -0.15) is 5.10 Å². The molecule has 0 radical (unpaired) electrons. The van der Waals surface area contributed by atoms with Gasteiger partial charge < -0.3 is 11.5 Å². The predicted octanol–water partition coefficient (Wildman–Crippen LogP) is 1.17. The van der Waals surface area contributed by atoms with Crippen LogP contribution in [-0.2, 0) is 0 Å². The van der Waals surface area contributed by atoms with Gasteiger partial charge in [-0.3, -0.25) is 10.1 Å². The van der Waals surface area contributed by atoms with Crippen molar-refractivity contribution in [2.45, 2.75) is 6.17 Å². The summed E-state index contributed by atoms with van der Waals surface area (Å²) in [6.45, 7) is 3.56. The highest BCUT2D eigenvalue weighted by Gasteiger charge is 2.15. The summed E-state index contributed by atoms with van der Waals surface area (Å²) >= 11 is 0. The molecule has 0 amide bonds. The number of fused-ring (bicyclic) bond motifs is 1. The summed E-state index contributed by atoms with van der Waals surface area (Å²) in [4.78, 5) is 10.2. The average Bonchev–Trinajstić information content (AvgIpc) is 2.65. The Hall–Kier alpha value is -2.41. The van der Waals surface area contributed by atoms with E-state index in [0.717, 1.165) is 0 Å². The van der Waals surface area contributed by atoms with Gasteiger partial charge >= 0.3 is 0 Å². The Morgan fingerprint density at radius 1 is 1.59 bits per heavy atom. The van der Waals surface area contributed by atoms with Gasteiger partial charge in [0.1, 0.15) is 6.17 Å². The fourth-order valence-electron chi connectivity index (χ4n) is 1.59. The lowest BCUT2D eigenvalue weighted by molar-refractivity contribution is -0.384. The van der Waals surface area contributed by atoms with Crippen molar-refractivity contribution in [2.75, 3.05) is 5.73 Å². The van der Waals surface area contributed by atoms with Crippen molar-refractivity contribution in [1.29, 1.82) is 0 Å². The van der Waals surface area contributed by atoms with Crippen LogP contribution in [0.25, 0.3) is 10.9 Å². The normalized spacial score (nSPS) is 12.5. The molecular weight excluding hydrogens is 222 g/mol. The van der Waals surface area contributed by atoms with E-state index in [1.165, 1.54) is 22.9 Å². The third-order valence-electron chi connectivity index (χ3n) is 2.45. The van der Waals surface area contributed by atoms with Crippen molar-refractivity contribution >= 4 is 22.4 Å². The molecule has 7 heteroatoms. The molecule has 0 aliphatic carbocycles. The summed E-state index contributed by atoms with van der Waals surface area (Å²) in [6.07, 6.45) is 0.990. The van der Waals surface area contributed by atoms with Gasteiger partial charge in [0.25, 0.3) is 5.69 Å². The minimum Gasteiger partial charge on any atom is -0.382 e. The van der Waals surface area contributed by atoms with Crippen LogP contribution >= 0.6 is 0 Å². The van der Waals surface area contributed by atoms with Gasteiger partial charge in [-0.1, -0.05) is 12.7 Å². The molecule has 88 valence electrons. The zero-order valence-electron chi connectivity index (χ0n) is 8.91. The first-order valence-electron chi connectivity index (χ1n) is 4.85. The molecule has 0 aliphatic heterocycles. The molecule has 0 saturated carbocycles. The number of non-ortho nitro benzene ring substituents is 1. The number of anilines is 1. The fraction of sp³-hybridized carbons (Fsp3) is 0.100. The van der Waals surface area contributed by atoms with E-state index in [4.69, 9.17) is 11.5 Å². The third-order valence-corrected chi connectivity index (χ3v) is 2.45. The van der Waals surface area contributed by atoms with Crippen LogP contribution in [0.3, 0.4) is 0 Å². The van der Waals surface area contributed by atoms with Crippen LogP contribution < -0.4 is 11.5 Å².